The minimum Gasteiger partial charge on any atom is -0.423 e. The molecule has 0 saturated heterocycles. The minimum absolute atomic E-state index is 0.406. The predicted octanol–water partition coefficient (Wildman–Crippen LogP) is 4.31. The third-order valence-electron chi connectivity index (χ3n) is 3.63. The number of carbonyl (C=O) groups excluding carboxylic acids is 1. The molecule has 0 aliphatic carbocycles. The fraction of sp³-hybridized carbons (Fsp3) is 0.158. The van der Waals surface area contributed by atoms with Crippen molar-refractivity contribution in [2.75, 3.05) is 0 Å². The molecule has 0 unspecified atom stereocenters. The molecule has 4 heteroatoms. The van der Waals surface area contributed by atoms with E-state index in [-0.39, 0.29) is 0 Å². The fourth-order valence-corrected chi connectivity index (χ4v) is 2.28. The molecule has 0 radical (unpaired) electrons. The number of carbonyl (C=O) groups is 1. The topological polar surface area (TPSA) is 55.0 Å². The average Bonchev–Trinajstić information content (AvgIpc) is 3.01. The second-order valence-corrected chi connectivity index (χ2v) is 5.66. The molecule has 0 bridgehead atoms. The Morgan fingerprint density at radius 1 is 1.17 bits per heavy atom. The zero-order valence-corrected chi connectivity index (χ0v) is 13.1. The number of H-pyrrole nitrogens is 1. The van der Waals surface area contributed by atoms with Crippen LogP contribution in [0.3, 0.4) is 0 Å². The first-order chi connectivity index (χ1) is 11.1. The number of aromatic amines is 1. The standard InChI is InChI=1S/C19H18N2O2/c1-13(2)15-6-3-14(4-7-15)5-10-19(22)23-16-8-9-17-18(11-16)21-12-20-17/h3-13H,1-2H3,(H,20,21)/b10-5+. The van der Waals surface area contributed by atoms with Gasteiger partial charge >= 0.3 is 5.97 Å². The second kappa shape index (κ2) is 6.48. The first kappa shape index (κ1) is 15.0. The van der Waals surface area contributed by atoms with Gasteiger partial charge < -0.3 is 9.72 Å². The van der Waals surface area contributed by atoms with Crippen LogP contribution in [0.15, 0.2) is 54.9 Å². The molecular weight excluding hydrogens is 288 g/mol. The summed E-state index contributed by atoms with van der Waals surface area (Å²) in [7, 11) is 0. The van der Waals surface area contributed by atoms with Crippen LogP contribution in [0.2, 0.25) is 0 Å². The van der Waals surface area contributed by atoms with E-state index in [2.05, 4.69) is 35.9 Å². The molecule has 3 aromatic rings. The summed E-state index contributed by atoms with van der Waals surface area (Å²) >= 11 is 0. The van der Waals surface area contributed by atoms with Gasteiger partial charge in [0.15, 0.2) is 0 Å². The Morgan fingerprint density at radius 3 is 2.70 bits per heavy atom. The van der Waals surface area contributed by atoms with Gasteiger partial charge in [0.05, 0.1) is 17.4 Å². The first-order valence-electron chi connectivity index (χ1n) is 7.55. The summed E-state index contributed by atoms with van der Waals surface area (Å²) in [5, 5.41) is 0. The Balaban J connectivity index is 1.66. The van der Waals surface area contributed by atoms with Crippen LogP contribution in [0, 0.1) is 0 Å². The normalized spacial score (nSPS) is 11.4. The Labute approximate surface area is 134 Å². The van der Waals surface area contributed by atoms with E-state index < -0.39 is 5.97 Å². The van der Waals surface area contributed by atoms with E-state index in [1.807, 2.05) is 18.2 Å². The van der Waals surface area contributed by atoms with Gasteiger partial charge in [-0.3, -0.25) is 0 Å². The number of esters is 1. The summed E-state index contributed by atoms with van der Waals surface area (Å²) in [6, 6.07) is 13.4. The summed E-state index contributed by atoms with van der Waals surface area (Å²) in [5.41, 5.74) is 3.92. The van der Waals surface area contributed by atoms with E-state index in [4.69, 9.17) is 4.74 Å². The van der Waals surface area contributed by atoms with Crippen LogP contribution in [0.4, 0.5) is 0 Å². The van der Waals surface area contributed by atoms with Crippen molar-refractivity contribution in [3.05, 3.63) is 66.0 Å². The van der Waals surface area contributed by atoms with Crippen LogP contribution in [-0.4, -0.2) is 15.9 Å². The average molecular weight is 306 g/mol. The number of nitrogens with one attached hydrogen (secondary N) is 1. The molecule has 3 rings (SSSR count). The fourth-order valence-electron chi connectivity index (χ4n) is 2.28. The van der Waals surface area contributed by atoms with Crippen LogP contribution in [0.25, 0.3) is 17.1 Å². The van der Waals surface area contributed by atoms with Crippen molar-refractivity contribution in [1.82, 2.24) is 9.97 Å². The number of hydrogen-bond acceptors (Lipinski definition) is 3. The largest absolute Gasteiger partial charge is 0.423 e. The van der Waals surface area contributed by atoms with Gasteiger partial charge in [-0.1, -0.05) is 38.1 Å². The maximum absolute atomic E-state index is 11.9. The van der Waals surface area contributed by atoms with E-state index in [1.165, 1.54) is 11.6 Å². The molecule has 1 heterocycles. The first-order valence-corrected chi connectivity index (χ1v) is 7.55. The van der Waals surface area contributed by atoms with Gasteiger partial charge in [-0.05, 0) is 35.3 Å². The highest BCUT2D eigenvalue weighted by molar-refractivity contribution is 5.89. The van der Waals surface area contributed by atoms with Crippen molar-refractivity contribution in [2.24, 2.45) is 0 Å². The summed E-state index contributed by atoms with van der Waals surface area (Å²) in [5.74, 6) is 0.582. The molecule has 116 valence electrons. The predicted molar refractivity (Wildman–Crippen MR) is 91.3 cm³/mol. The zero-order valence-electron chi connectivity index (χ0n) is 13.1. The summed E-state index contributed by atoms with van der Waals surface area (Å²) in [6.45, 7) is 4.30. The summed E-state index contributed by atoms with van der Waals surface area (Å²) in [4.78, 5) is 19.0. The van der Waals surface area contributed by atoms with Crippen molar-refractivity contribution in [3.8, 4) is 5.75 Å². The number of aromatic nitrogens is 2. The lowest BCUT2D eigenvalue weighted by Crippen LogP contribution is -2.03. The van der Waals surface area contributed by atoms with Gasteiger partial charge in [0.25, 0.3) is 0 Å². The van der Waals surface area contributed by atoms with Crippen LogP contribution in [0.1, 0.15) is 30.9 Å². The molecule has 1 aromatic heterocycles. The van der Waals surface area contributed by atoms with Crippen molar-refractivity contribution < 1.29 is 9.53 Å². The van der Waals surface area contributed by atoms with E-state index in [0.29, 0.717) is 11.7 Å². The molecule has 0 amide bonds. The maximum atomic E-state index is 11.9. The molecule has 0 spiro atoms. The summed E-state index contributed by atoms with van der Waals surface area (Å²) in [6.07, 6.45) is 4.79. The number of hydrogen-bond donors (Lipinski definition) is 1. The van der Waals surface area contributed by atoms with E-state index >= 15 is 0 Å². The number of nitrogens with zero attached hydrogens (tertiary/aromatic N) is 1. The monoisotopic (exact) mass is 306 g/mol. The molecule has 0 fully saturated rings. The third-order valence-corrected chi connectivity index (χ3v) is 3.63. The highest BCUT2D eigenvalue weighted by atomic mass is 16.5. The van der Waals surface area contributed by atoms with Crippen LogP contribution < -0.4 is 4.74 Å². The molecule has 2 aromatic carbocycles. The van der Waals surface area contributed by atoms with Crippen molar-refractivity contribution >= 4 is 23.1 Å². The van der Waals surface area contributed by atoms with Gasteiger partial charge in [0.2, 0.25) is 0 Å². The molecule has 0 atom stereocenters. The van der Waals surface area contributed by atoms with E-state index in [9.17, 15) is 4.79 Å². The van der Waals surface area contributed by atoms with E-state index in [0.717, 1.165) is 16.6 Å². The molecule has 0 aliphatic rings. The molecule has 23 heavy (non-hydrogen) atoms. The van der Waals surface area contributed by atoms with Gasteiger partial charge in [0.1, 0.15) is 5.75 Å². The smallest absolute Gasteiger partial charge is 0.336 e. The van der Waals surface area contributed by atoms with Crippen LogP contribution in [-0.2, 0) is 4.79 Å². The minimum atomic E-state index is -0.406. The molecule has 0 aliphatic heterocycles. The highest BCUT2D eigenvalue weighted by Gasteiger charge is 2.03. The molecular formula is C19H18N2O2. The molecule has 0 saturated carbocycles. The number of rotatable bonds is 4. The van der Waals surface area contributed by atoms with E-state index in [1.54, 1.807) is 24.5 Å². The Kier molecular flexibility index (Phi) is 4.24. The number of benzene rings is 2. The van der Waals surface area contributed by atoms with Crippen LogP contribution >= 0.6 is 0 Å². The van der Waals surface area contributed by atoms with Gasteiger partial charge in [-0.25, -0.2) is 9.78 Å². The lowest BCUT2D eigenvalue weighted by molar-refractivity contribution is -0.128. The third kappa shape index (κ3) is 3.66. The lowest BCUT2D eigenvalue weighted by atomic mass is 10.0. The lowest BCUT2D eigenvalue weighted by Gasteiger charge is -2.04. The van der Waals surface area contributed by atoms with Gasteiger partial charge in [-0.15, -0.1) is 0 Å². The zero-order chi connectivity index (χ0) is 16.2. The second-order valence-electron chi connectivity index (χ2n) is 5.66. The van der Waals surface area contributed by atoms with Crippen molar-refractivity contribution in [3.63, 3.8) is 0 Å². The number of imidazole rings is 1. The van der Waals surface area contributed by atoms with Gasteiger partial charge in [0, 0.05) is 12.1 Å². The van der Waals surface area contributed by atoms with Gasteiger partial charge in [-0.2, -0.15) is 0 Å². The number of ether oxygens (including phenoxy) is 1. The SMILES string of the molecule is CC(C)c1ccc(/C=C/C(=O)Oc2ccc3nc[nH]c3c2)cc1. The quantitative estimate of drug-likeness (QED) is 0.444. The Hall–Kier alpha value is -2.88. The van der Waals surface area contributed by atoms with Crippen LogP contribution in [0.5, 0.6) is 5.75 Å². The molecule has 1 N–H and O–H groups in total. The van der Waals surface area contributed by atoms with Crippen molar-refractivity contribution in [1.29, 1.82) is 0 Å². The maximum Gasteiger partial charge on any atom is 0.336 e. The Bertz CT molecular complexity index is 845. The van der Waals surface area contributed by atoms with Crippen molar-refractivity contribution in [2.45, 2.75) is 19.8 Å². The highest BCUT2D eigenvalue weighted by Crippen LogP contribution is 2.18. The number of fused-ring (bicyclic) bond motifs is 1. The summed E-state index contributed by atoms with van der Waals surface area (Å²) < 4.78 is 5.30. The molecule has 4 nitrogen and oxygen atoms in total. The Morgan fingerprint density at radius 2 is 1.96 bits per heavy atom.